The summed E-state index contributed by atoms with van der Waals surface area (Å²) in [5.74, 6) is 0.779. The number of hydrogen-bond acceptors (Lipinski definition) is 4. The Balaban J connectivity index is 1.70. The fraction of sp³-hybridized carbons (Fsp3) is 0.238. The van der Waals surface area contributed by atoms with Crippen molar-refractivity contribution in [3.05, 3.63) is 72.3 Å². The van der Waals surface area contributed by atoms with Gasteiger partial charge in [-0.2, -0.15) is 0 Å². The molecule has 1 aromatic heterocycles. The number of benzene rings is 2. The van der Waals surface area contributed by atoms with Crippen LogP contribution in [0.4, 0.5) is 0 Å². The Morgan fingerprint density at radius 3 is 2.22 bits per heavy atom. The van der Waals surface area contributed by atoms with Crippen LogP contribution in [0.2, 0.25) is 0 Å². The SMILES string of the molecule is CC(C)(C)NS(=O)(=O)c1ccc(-c2ccc(OCc3ccccc3)cc2)s1. The maximum Gasteiger partial charge on any atom is 0.250 e. The van der Waals surface area contributed by atoms with Gasteiger partial charge in [0.1, 0.15) is 16.6 Å². The first kappa shape index (κ1) is 19.6. The van der Waals surface area contributed by atoms with E-state index < -0.39 is 15.6 Å². The van der Waals surface area contributed by atoms with Crippen LogP contribution >= 0.6 is 11.3 Å². The van der Waals surface area contributed by atoms with Crippen LogP contribution < -0.4 is 9.46 Å². The van der Waals surface area contributed by atoms with Gasteiger partial charge in [0, 0.05) is 10.4 Å². The van der Waals surface area contributed by atoms with E-state index >= 15 is 0 Å². The second kappa shape index (κ2) is 7.84. The molecular weight excluding hydrogens is 378 g/mol. The van der Waals surface area contributed by atoms with Crippen molar-refractivity contribution < 1.29 is 13.2 Å². The summed E-state index contributed by atoms with van der Waals surface area (Å²) < 4.78 is 33.7. The highest BCUT2D eigenvalue weighted by atomic mass is 32.2. The number of hydrogen-bond donors (Lipinski definition) is 1. The average molecular weight is 402 g/mol. The average Bonchev–Trinajstić information content (AvgIpc) is 3.10. The fourth-order valence-corrected chi connectivity index (χ4v) is 5.26. The quantitative estimate of drug-likeness (QED) is 0.627. The van der Waals surface area contributed by atoms with E-state index in [1.54, 1.807) is 6.07 Å². The van der Waals surface area contributed by atoms with Gasteiger partial charge in [0.25, 0.3) is 10.0 Å². The predicted molar refractivity (Wildman–Crippen MR) is 111 cm³/mol. The van der Waals surface area contributed by atoms with E-state index in [9.17, 15) is 8.42 Å². The van der Waals surface area contributed by atoms with Crippen LogP contribution in [0.3, 0.4) is 0 Å². The molecule has 3 aromatic rings. The zero-order chi connectivity index (χ0) is 19.5. The van der Waals surface area contributed by atoms with E-state index in [4.69, 9.17) is 4.74 Å². The largest absolute Gasteiger partial charge is 0.489 e. The van der Waals surface area contributed by atoms with Gasteiger partial charge in [-0.1, -0.05) is 30.3 Å². The molecule has 0 saturated carbocycles. The predicted octanol–water partition coefficient (Wildman–Crippen LogP) is 5.07. The highest BCUT2D eigenvalue weighted by Crippen LogP contribution is 2.32. The van der Waals surface area contributed by atoms with Crippen molar-refractivity contribution in [3.63, 3.8) is 0 Å². The zero-order valence-electron chi connectivity index (χ0n) is 15.6. The standard InChI is InChI=1S/C21H23NO3S2/c1-21(2,3)22-27(23,24)20-14-13-19(26-20)17-9-11-18(12-10-17)25-15-16-7-5-4-6-8-16/h4-14,22H,15H2,1-3H3. The summed E-state index contributed by atoms with van der Waals surface area (Å²) in [7, 11) is -3.51. The summed E-state index contributed by atoms with van der Waals surface area (Å²) in [6.07, 6.45) is 0. The van der Waals surface area contributed by atoms with Gasteiger partial charge in [-0.05, 0) is 68.3 Å². The van der Waals surface area contributed by atoms with Crippen LogP contribution in [0.15, 0.2) is 70.9 Å². The lowest BCUT2D eigenvalue weighted by Crippen LogP contribution is -2.40. The van der Waals surface area contributed by atoms with E-state index in [1.165, 1.54) is 11.3 Å². The monoisotopic (exact) mass is 401 g/mol. The molecule has 3 rings (SSSR count). The Morgan fingerprint density at radius 1 is 0.926 bits per heavy atom. The maximum atomic E-state index is 12.4. The Morgan fingerprint density at radius 2 is 1.59 bits per heavy atom. The molecule has 0 spiro atoms. The van der Waals surface area contributed by atoms with E-state index in [0.717, 1.165) is 21.8 Å². The molecule has 1 N–H and O–H groups in total. The van der Waals surface area contributed by atoms with Crippen molar-refractivity contribution in [3.8, 4) is 16.2 Å². The minimum Gasteiger partial charge on any atom is -0.489 e. The van der Waals surface area contributed by atoms with Crippen molar-refractivity contribution in [1.29, 1.82) is 0 Å². The number of sulfonamides is 1. The molecule has 0 amide bonds. The third-order valence-electron chi connectivity index (χ3n) is 3.67. The number of thiophene rings is 1. The third kappa shape index (κ3) is 5.42. The fourth-order valence-electron chi connectivity index (χ4n) is 2.53. The minimum absolute atomic E-state index is 0.317. The van der Waals surface area contributed by atoms with Crippen molar-refractivity contribution >= 4 is 21.4 Å². The highest BCUT2D eigenvalue weighted by molar-refractivity contribution is 7.91. The molecule has 0 aliphatic carbocycles. The normalized spacial score (nSPS) is 12.1. The van der Waals surface area contributed by atoms with Gasteiger partial charge in [-0.15, -0.1) is 11.3 Å². The molecule has 1 heterocycles. The number of ether oxygens (including phenoxy) is 1. The molecule has 27 heavy (non-hydrogen) atoms. The first-order valence-electron chi connectivity index (χ1n) is 8.64. The lowest BCUT2D eigenvalue weighted by Gasteiger charge is -2.19. The molecule has 6 heteroatoms. The molecule has 2 aromatic carbocycles. The molecule has 0 bridgehead atoms. The van der Waals surface area contributed by atoms with Crippen molar-refractivity contribution in [2.45, 2.75) is 37.1 Å². The van der Waals surface area contributed by atoms with Gasteiger partial charge in [-0.25, -0.2) is 13.1 Å². The van der Waals surface area contributed by atoms with E-state index in [0.29, 0.717) is 10.8 Å². The van der Waals surface area contributed by atoms with Crippen LogP contribution in [0, 0.1) is 0 Å². The number of rotatable bonds is 6. The van der Waals surface area contributed by atoms with Crippen molar-refractivity contribution in [2.24, 2.45) is 0 Å². The van der Waals surface area contributed by atoms with Crippen LogP contribution in [0.5, 0.6) is 5.75 Å². The first-order chi connectivity index (χ1) is 12.7. The summed E-state index contributed by atoms with van der Waals surface area (Å²) in [6.45, 7) is 5.99. The molecule has 0 unspecified atom stereocenters. The summed E-state index contributed by atoms with van der Waals surface area (Å²) in [5.41, 5.74) is 1.56. The Labute approximate surface area is 164 Å². The Kier molecular flexibility index (Phi) is 5.69. The Bertz CT molecular complexity index is 986. The first-order valence-corrected chi connectivity index (χ1v) is 10.9. The molecule has 142 valence electrons. The van der Waals surface area contributed by atoms with Crippen LogP contribution in [-0.4, -0.2) is 14.0 Å². The topological polar surface area (TPSA) is 55.4 Å². The van der Waals surface area contributed by atoms with Gasteiger partial charge >= 0.3 is 0 Å². The summed E-state index contributed by atoms with van der Waals surface area (Å²) in [6, 6.07) is 21.2. The maximum absolute atomic E-state index is 12.4. The van der Waals surface area contributed by atoms with E-state index in [-0.39, 0.29) is 0 Å². The van der Waals surface area contributed by atoms with Crippen LogP contribution in [0.25, 0.3) is 10.4 Å². The third-order valence-corrected chi connectivity index (χ3v) is 7.06. The lowest BCUT2D eigenvalue weighted by molar-refractivity contribution is 0.306. The number of nitrogens with one attached hydrogen (secondary N) is 1. The van der Waals surface area contributed by atoms with Crippen LogP contribution in [0.1, 0.15) is 26.3 Å². The summed E-state index contributed by atoms with van der Waals surface area (Å²) in [5, 5.41) is 0. The molecular formula is C21H23NO3S2. The highest BCUT2D eigenvalue weighted by Gasteiger charge is 2.23. The van der Waals surface area contributed by atoms with E-state index in [1.807, 2.05) is 81.4 Å². The molecule has 0 fully saturated rings. The van der Waals surface area contributed by atoms with E-state index in [2.05, 4.69) is 4.72 Å². The molecule has 0 saturated heterocycles. The summed E-state index contributed by atoms with van der Waals surface area (Å²) >= 11 is 1.26. The van der Waals surface area contributed by atoms with Crippen molar-refractivity contribution in [2.75, 3.05) is 0 Å². The lowest BCUT2D eigenvalue weighted by atomic mass is 10.1. The molecule has 0 aliphatic heterocycles. The van der Waals surface area contributed by atoms with Gasteiger partial charge in [-0.3, -0.25) is 0 Å². The van der Waals surface area contributed by atoms with Crippen molar-refractivity contribution in [1.82, 2.24) is 4.72 Å². The van der Waals surface area contributed by atoms with Gasteiger partial charge in [0.2, 0.25) is 0 Å². The molecule has 4 nitrogen and oxygen atoms in total. The second-order valence-electron chi connectivity index (χ2n) is 7.27. The zero-order valence-corrected chi connectivity index (χ0v) is 17.2. The minimum atomic E-state index is -3.51. The Hall–Kier alpha value is -2.15. The molecule has 0 aliphatic rings. The smallest absolute Gasteiger partial charge is 0.250 e. The summed E-state index contributed by atoms with van der Waals surface area (Å²) in [4.78, 5) is 0.902. The molecule has 0 atom stereocenters. The van der Waals surface area contributed by atoms with Gasteiger partial charge in [0.15, 0.2) is 0 Å². The molecule has 0 radical (unpaired) electrons. The van der Waals surface area contributed by atoms with Gasteiger partial charge in [0.05, 0.1) is 0 Å². The van der Waals surface area contributed by atoms with Crippen LogP contribution in [-0.2, 0) is 16.6 Å². The second-order valence-corrected chi connectivity index (χ2v) is 10.3. The van der Waals surface area contributed by atoms with Gasteiger partial charge < -0.3 is 4.74 Å².